The first-order chi connectivity index (χ1) is 14.0. The Bertz CT molecular complexity index is 1140. The molecule has 29 heavy (non-hydrogen) atoms. The number of hydrogen-bond acceptors (Lipinski definition) is 4. The van der Waals surface area contributed by atoms with Crippen LogP contribution in [0.15, 0.2) is 60.8 Å². The fourth-order valence-corrected chi connectivity index (χ4v) is 3.26. The molecule has 6 heteroatoms. The molecule has 0 spiro atoms. The largest absolute Gasteiger partial charge is 0.346 e. The predicted molar refractivity (Wildman–Crippen MR) is 109 cm³/mol. The first kappa shape index (κ1) is 18.6. The number of anilines is 1. The van der Waals surface area contributed by atoms with Crippen molar-refractivity contribution < 1.29 is 14.4 Å². The Morgan fingerprint density at radius 2 is 1.72 bits per heavy atom. The van der Waals surface area contributed by atoms with E-state index in [1.807, 2.05) is 38.1 Å². The number of nitrogens with one attached hydrogen (secondary N) is 1. The highest BCUT2D eigenvalue weighted by Crippen LogP contribution is 2.30. The monoisotopic (exact) mass is 385 g/mol. The van der Waals surface area contributed by atoms with Gasteiger partial charge in [0.1, 0.15) is 0 Å². The lowest BCUT2D eigenvalue weighted by molar-refractivity contribution is 0.0923. The number of rotatable bonds is 4. The third kappa shape index (κ3) is 3.40. The first-order valence-electron chi connectivity index (χ1n) is 9.24. The summed E-state index contributed by atoms with van der Waals surface area (Å²) in [6.45, 7) is 4.18. The topological polar surface area (TPSA) is 79.4 Å². The molecule has 1 N–H and O–H groups in total. The van der Waals surface area contributed by atoms with Crippen molar-refractivity contribution >= 4 is 23.4 Å². The maximum atomic E-state index is 12.9. The molecular weight excluding hydrogens is 366 g/mol. The molecule has 0 atom stereocenters. The van der Waals surface area contributed by atoms with Gasteiger partial charge in [-0.1, -0.05) is 12.1 Å². The Morgan fingerprint density at radius 3 is 2.45 bits per heavy atom. The molecule has 6 nitrogen and oxygen atoms in total. The number of pyridine rings is 1. The molecule has 144 valence electrons. The van der Waals surface area contributed by atoms with E-state index in [1.165, 1.54) is 12.1 Å². The number of fused-ring (bicyclic) bond motifs is 1. The van der Waals surface area contributed by atoms with E-state index >= 15 is 0 Å². The van der Waals surface area contributed by atoms with Gasteiger partial charge in [0.15, 0.2) is 0 Å². The molecule has 0 radical (unpaired) electrons. The van der Waals surface area contributed by atoms with Crippen molar-refractivity contribution in [2.24, 2.45) is 0 Å². The van der Waals surface area contributed by atoms with Crippen molar-refractivity contribution in [1.82, 2.24) is 10.3 Å². The Labute approximate surface area is 168 Å². The van der Waals surface area contributed by atoms with Crippen molar-refractivity contribution in [3.63, 3.8) is 0 Å². The minimum atomic E-state index is -0.423. The summed E-state index contributed by atoms with van der Waals surface area (Å²) in [5, 5.41) is 2.78. The number of amides is 3. The van der Waals surface area contributed by atoms with E-state index in [0.717, 1.165) is 21.7 Å². The maximum absolute atomic E-state index is 12.9. The van der Waals surface area contributed by atoms with Gasteiger partial charge >= 0.3 is 0 Å². The van der Waals surface area contributed by atoms with Crippen molar-refractivity contribution in [3.05, 3.63) is 94.3 Å². The van der Waals surface area contributed by atoms with Crippen molar-refractivity contribution in [1.29, 1.82) is 0 Å². The van der Waals surface area contributed by atoms with E-state index in [1.54, 1.807) is 24.4 Å². The lowest BCUT2D eigenvalue weighted by atomic mass is 10.1. The summed E-state index contributed by atoms with van der Waals surface area (Å²) < 4.78 is 0. The minimum Gasteiger partial charge on any atom is -0.346 e. The average Bonchev–Trinajstić information content (AvgIpc) is 2.99. The van der Waals surface area contributed by atoms with Gasteiger partial charge < -0.3 is 5.32 Å². The molecule has 2 heterocycles. The minimum absolute atomic E-state index is 0.235. The second-order valence-corrected chi connectivity index (χ2v) is 6.98. The lowest BCUT2D eigenvalue weighted by Gasteiger charge is -2.15. The van der Waals surface area contributed by atoms with E-state index in [9.17, 15) is 14.4 Å². The van der Waals surface area contributed by atoms with Crippen molar-refractivity contribution in [2.75, 3.05) is 4.90 Å². The van der Waals surface area contributed by atoms with Crippen molar-refractivity contribution in [3.8, 4) is 0 Å². The molecule has 1 aromatic heterocycles. The predicted octanol–water partition coefficient (Wildman–Crippen LogP) is 3.43. The Balaban J connectivity index is 1.58. The van der Waals surface area contributed by atoms with Gasteiger partial charge in [-0.3, -0.25) is 19.4 Å². The third-order valence-corrected chi connectivity index (χ3v) is 5.05. The van der Waals surface area contributed by atoms with E-state index in [0.29, 0.717) is 16.8 Å². The number of carbonyl (C=O) groups is 3. The fourth-order valence-electron chi connectivity index (χ4n) is 3.26. The Morgan fingerprint density at radius 1 is 0.931 bits per heavy atom. The zero-order chi connectivity index (χ0) is 20.5. The molecule has 0 saturated carbocycles. The van der Waals surface area contributed by atoms with Gasteiger partial charge in [0.25, 0.3) is 17.7 Å². The molecule has 0 fully saturated rings. The van der Waals surface area contributed by atoms with Crippen LogP contribution in [0.1, 0.15) is 47.9 Å². The van der Waals surface area contributed by atoms with E-state index in [-0.39, 0.29) is 23.9 Å². The van der Waals surface area contributed by atoms with Crippen LogP contribution in [0.3, 0.4) is 0 Å². The van der Waals surface area contributed by atoms with E-state index in [2.05, 4.69) is 10.3 Å². The van der Waals surface area contributed by atoms with Crippen LogP contribution in [0.5, 0.6) is 0 Å². The van der Waals surface area contributed by atoms with Crippen LogP contribution in [0.25, 0.3) is 0 Å². The van der Waals surface area contributed by atoms with E-state index in [4.69, 9.17) is 0 Å². The number of aromatic nitrogens is 1. The Hall–Kier alpha value is -3.80. The summed E-state index contributed by atoms with van der Waals surface area (Å²) in [4.78, 5) is 43.5. The van der Waals surface area contributed by atoms with Gasteiger partial charge in [-0.25, -0.2) is 4.90 Å². The highest BCUT2D eigenvalue weighted by Gasteiger charge is 2.37. The average molecular weight is 385 g/mol. The summed E-state index contributed by atoms with van der Waals surface area (Å²) in [5.74, 6) is -1.13. The van der Waals surface area contributed by atoms with Gasteiger partial charge in [-0.15, -0.1) is 0 Å². The number of aryl methyl sites for hydroxylation is 2. The maximum Gasteiger partial charge on any atom is 0.266 e. The zero-order valence-electron chi connectivity index (χ0n) is 16.1. The first-order valence-corrected chi connectivity index (χ1v) is 9.24. The number of nitrogens with zero attached hydrogens (tertiary/aromatic N) is 2. The van der Waals surface area contributed by atoms with Crippen LogP contribution in [-0.2, 0) is 6.54 Å². The lowest BCUT2D eigenvalue weighted by Crippen LogP contribution is -2.29. The van der Waals surface area contributed by atoms with Crippen LogP contribution in [0, 0.1) is 13.8 Å². The standard InChI is InChI=1S/C23H19N3O3/c1-14-6-8-18(11-15(14)2)26-22(28)19-9-7-16(12-20(19)23(26)29)21(27)25-13-17-5-3-4-10-24-17/h3-12H,13H2,1-2H3,(H,25,27). The van der Waals surface area contributed by atoms with Crippen LogP contribution in [0.2, 0.25) is 0 Å². The second-order valence-electron chi connectivity index (χ2n) is 6.98. The zero-order valence-corrected chi connectivity index (χ0v) is 16.1. The molecule has 3 aromatic rings. The number of hydrogen-bond donors (Lipinski definition) is 1. The van der Waals surface area contributed by atoms with Gasteiger partial charge in [0.2, 0.25) is 0 Å². The summed E-state index contributed by atoms with van der Waals surface area (Å²) >= 11 is 0. The number of benzene rings is 2. The van der Waals surface area contributed by atoms with Crippen molar-refractivity contribution in [2.45, 2.75) is 20.4 Å². The fraction of sp³-hybridized carbons (Fsp3) is 0.130. The molecule has 1 aliphatic heterocycles. The summed E-state index contributed by atoms with van der Waals surface area (Å²) in [7, 11) is 0. The summed E-state index contributed by atoms with van der Waals surface area (Å²) in [5.41, 5.74) is 4.19. The van der Waals surface area contributed by atoms with Crippen LogP contribution >= 0.6 is 0 Å². The summed E-state index contributed by atoms with van der Waals surface area (Å²) in [6, 6.07) is 15.5. The van der Waals surface area contributed by atoms with Gasteiger partial charge in [-0.2, -0.15) is 0 Å². The SMILES string of the molecule is Cc1ccc(N2C(=O)c3ccc(C(=O)NCc4ccccn4)cc3C2=O)cc1C. The highest BCUT2D eigenvalue weighted by atomic mass is 16.2. The Kier molecular flexibility index (Phi) is 4.68. The van der Waals surface area contributed by atoms with Gasteiger partial charge in [0, 0.05) is 11.8 Å². The molecule has 1 aliphatic rings. The molecule has 0 bridgehead atoms. The molecule has 0 saturated heterocycles. The molecule has 0 aliphatic carbocycles. The number of carbonyl (C=O) groups excluding carboxylic acids is 3. The van der Waals surface area contributed by atoms with Crippen LogP contribution < -0.4 is 10.2 Å². The van der Waals surface area contributed by atoms with Crippen LogP contribution in [-0.4, -0.2) is 22.7 Å². The smallest absolute Gasteiger partial charge is 0.266 e. The summed E-state index contributed by atoms with van der Waals surface area (Å²) in [6.07, 6.45) is 1.66. The quantitative estimate of drug-likeness (QED) is 0.698. The molecule has 3 amide bonds. The van der Waals surface area contributed by atoms with E-state index < -0.39 is 5.91 Å². The number of imide groups is 1. The van der Waals surface area contributed by atoms with Gasteiger partial charge in [0.05, 0.1) is 29.1 Å². The van der Waals surface area contributed by atoms with Crippen LogP contribution in [0.4, 0.5) is 5.69 Å². The molecule has 2 aromatic carbocycles. The molecular formula is C23H19N3O3. The third-order valence-electron chi connectivity index (χ3n) is 5.05. The highest BCUT2D eigenvalue weighted by molar-refractivity contribution is 6.34. The molecule has 4 rings (SSSR count). The van der Waals surface area contributed by atoms with Gasteiger partial charge in [-0.05, 0) is 67.4 Å². The second kappa shape index (κ2) is 7.31. The molecule has 0 unspecified atom stereocenters. The normalized spacial score (nSPS) is 12.8.